The topological polar surface area (TPSA) is 133 Å². The highest BCUT2D eigenvalue weighted by molar-refractivity contribution is 7.90. The lowest BCUT2D eigenvalue weighted by molar-refractivity contribution is -0.125. The smallest absolute Gasteiger partial charge is 0.244 e. The summed E-state index contributed by atoms with van der Waals surface area (Å²) in [5, 5.41) is 6.24. The molecule has 1 aliphatic rings. The first kappa shape index (κ1) is 30.5. The van der Waals surface area contributed by atoms with Gasteiger partial charge in [0.2, 0.25) is 11.9 Å². The number of likely N-dealkylation sites (N-methyl/N-ethyl adjacent to an activating group) is 1. The minimum absolute atomic E-state index is 0.0737. The first-order valence-electron chi connectivity index (χ1n) is 13.6. The maximum Gasteiger partial charge on any atom is 0.244 e. The van der Waals surface area contributed by atoms with Crippen LogP contribution >= 0.6 is 0 Å². The number of nitrogens with zero attached hydrogens (tertiary/aromatic N) is 4. The number of ether oxygens (including phenoxy) is 1. The number of para-hydroxylation sites is 1. The fourth-order valence-corrected chi connectivity index (χ4v) is 6.16. The number of carbonyl (C=O) groups excluding carboxylic acids is 1. The molecule has 2 aromatic heterocycles. The molecule has 1 unspecified atom stereocenters. The Morgan fingerprint density at radius 2 is 1.93 bits per heavy atom. The van der Waals surface area contributed by atoms with Gasteiger partial charge in [0.05, 0.1) is 29.7 Å². The number of nitrogens with one attached hydrogen (secondary N) is 3. The normalized spacial score (nSPS) is 17.2. The van der Waals surface area contributed by atoms with Crippen LogP contribution in [0.2, 0.25) is 0 Å². The molecular formula is C29H33F2N7O4S. The number of halogens is 2. The molecule has 5 rings (SSSR count). The maximum absolute atomic E-state index is 15.1. The quantitative estimate of drug-likeness (QED) is 0.259. The summed E-state index contributed by atoms with van der Waals surface area (Å²) >= 11 is 0. The van der Waals surface area contributed by atoms with Crippen molar-refractivity contribution in [1.82, 2.24) is 24.8 Å². The summed E-state index contributed by atoms with van der Waals surface area (Å²) in [6.45, 7) is 4.70. The molecule has 4 aromatic rings. The average molecular weight is 614 g/mol. The van der Waals surface area contributed by atoms with E-state index in [9.17, 15) is 17.6 Å². The number of aromatic nitrogens is 3. The van der Waals surface area contributed by atoms with Crippen LogP contribution < -0.4 is 10.6 Å². The van der Waals surface area contributed by atoms with Gasteiger partial charge >= 0.3 is 0 Å². The summed E-state index contributed by atoms with van der Waals surface area (Å²) in [6.07, 6.45) is 3.41. The molecule has 2 atom stereocenters. The minimum atomic E-state index is -3.82. The van der Waals surface area contributed by atoms with Gasteiger partial charge in [-0.25, -0.2) is 27.2 Å². The third kappa shape index (κ3) is 6.37. The molecule has 14 heteroatoms. The van der Waals surface area contributed by atoms with Crippen molar-refractivity contribution in [3.05, 3.63) is 60.4 Å². The van der Waals surface area contributed by atoms with Gasteiger partial charge in [0.15, 0.2) is 21.5 Å². The van der Waals surface area contributed by atoms with E-state index in [2.05, 4.69) is 49.4 Å². The van der Waals surface area contributed by atoms with Crippen molar-refractivity contribution in [2.75, 3.05) is 57.3 Å². The van der Waals surface area contributed by atoms with E-state index in [0.29, 0.717) is 22.2 Å². The number of aromatic amines is 1. The van der Waals surface area contributed by atoms with Crippen LogP contribution in [0.3, 0.4) is 0 Å². The van der Waals surface area contributed by atoms with Crippen molar-refractivity contribution in [3.8, 4) is 11.3 Å². The van der Waals surface area contributed by atoms with E-state index in [1.807, 2.05) is 0 Å². The Bertz CT molecular complexity index is 1770. The maximum atomic E-state index is 15.1. The molecule has 43 heavy (non-hydrogen) atoms. The summed E-state index contributed by atoms with van der Waals surface area (Å²) < 4.78 is 59.2. The standard InChI is InChI=1S/C29H33F2N7O4S/c1-17-15-37(2)11-12-38(17)23(16-42-3)28(39)34-22-9-5-7-18-19(13-32-27(18)22)26-20(30)14-33-29(36-26)35-21-8-6-10-24(25(21)31)43(4,40)41/h5-10,13-14,17,23,32H,11-12,15-16H2,1-4H3,(H,34,39)(H,33,35,36)/t17-,23?/m1/s1. The number of methoxy groups -OCH3 is 1. The summed E-state index contributed by atoms with van der Waals surface area (Å²) in [4.78, 5) is 28.7. The number of carbonyl (C=O) groups is 1. The number of fused-ring (bicyclic) bond motifs is 1. The molecule has 228 valence electrons. The Balaban J connectivity index is 1.44. The molecule has 3 N–H and O–H groups in total. The summed E-state index contributed by atoms with van der Waals surface area (Å²) in [7, 11) is -0.200. The van der Waals surface area contributed by atoms with Gasteiger partial charge in [-0.3, -0.25) is 9.69 Å². The van der Waals surface area contributed by atoms with Crippen molar-refractivity contribution in [2.24, 2.45) is 0 Å². The van der Waals surface area contributed by atoms with E-state index in [4.69, 9.17) is 4.74 Å². The second kappa shape index (κ2) is 12.3. The van der Waals surface area contributed by atoms with E-state index >= 15 is 4.39 Å². The van der Waals surface area contributed by atoms with Crippen LogP contribution in [0.1, 0.15) is 6.92 Å². The second-order valence-corrected chi connectivity index (χ2v) is 12.6. The molecular weight excluding hydrogens is 580 g/mol. The van der Waals surface area contributed by atoms with Gasteiger partial charge in [-0.1, -0.05) is 18.2 Å². The van der Waals surface area contributed by atoms with Gasteiger partial charge in [-0.2, -0.15) is 0 Å². The average Bonchev–Trinajstić information content (AvgIpc) is 3.38. The third-order valence-electron chi connectivity index (χ3n) is 7.49. The van der Waals surface area contributed by atoms with E-state index in [-0.39, 0.29) is 35.9 Å². The monoisotopic (exact) mass is 613 g/mol. The number of sulfone groups is 1. The highest BCUT2D eigenvalue weighted by Crippen LogP contribution is 2.34. The van der Waals surface area contributed by atoms with Crippen LogP contribution in [0, 0.1) is 11.6 Å². The van der Waals surface area contributed by atoms with Gasteiger partial charge in [0.25, 0.3) is 0 Å². The number of amides is 1. The van der Waals surface area contributed by atoms with Crippen LogP contribution in [0.4, 0.5) is 26.1 Å². The molecule has 0 saturated carbocycles. The fraction of sp³-hybridized carbons (Fsp3) is 0.345. The zero-order chi connectivity index (χ0) is 30.9. The fourth-order valence-electron chi connectivity index (χ4n) is 5.40. The Hall–Kier alpha value is -3.98. The number of piperazine rings is 1. The largest absolute Gasteiger partial charge is 0.383 e. The van der Waals surface area contributed by atoms with E-state index in [1.165, 1.54) is 12.1 Å². The predicted molar refractivity (Wildman–Crippen MR) is 160 cm³/mol. The molecule has 1 saturated heterocycles. The van der Waals surface area contributed by atoms with Crippen molar-refractivity contribution < 1.29 is 26.7 Å². The predicted octanol–water partition coefficient (Wildman–Crippen LogP) is 3.64. The van der Waals surface area contributed by atoms with E-state index in [1.54, 1.807) is 31.5 Å². The van der Waals surface area contributed by atoms with Crippen molar-refractivity contribution in [1.29, 1.82) is 0 Å². The van der Waals surface area contributed by atoms with Crippen LogP contribution in [0.5, 0.6) is 0 Å². The first-order valence-corrected chi connectivity index (χ1v) is 15.5. The molecule has 1 amide bonds. The van der Waals surface area contributed by atoms with E-state index in [0.717, 1.165) is 38.2 Å². The molecule has 11 nitrogen and oxygen atoms in total. The number of hydrogen-bond acceptors (Lipinski definition) is 9. The SMILES string of the molecule is COCC(C(=O)Nc1cccc2c(-c3nc(Nc4cccc(S(C)(=O)=O)c4F)ncc3F)c[nH]c12)N1CCN(C)C[C@H]1C. The van der Waals surface area contributed by atoms with Crippen LogP contribution in [0.25, 0.3) is 22.2 Å². The highest BCUT2D eigenvalue weighted by atomic mass is 32.2. The summed E-state index contributed by atoms with van der Waals surface area (Å²) in [6, 6.07) is 8.76. The number of anilines is 3. The number of benzene rings is 2. The highest BCUT2D eigenvalue weighted by Gasteiger charge is 2.33. The second-order valence-electron chi connectivity index (χ2n) is 10.6. The zero-order valence-electron chi connectivity index (χ0n) is 24.2. The van der Waals surface area contributed by atoms with Crippen molar-refractivity contribution in [3.63, 3.8) is 0 Å². The lowest BCUT2D eigenvalue weighted by Gasteiger charge is -2.41. The molecule has 0 aliphatic carbocycles. The van der Waals surface area contributed by atoms with Gasteiger partial charge in [0.1, 0.15) is 16.6 Å². The minimum Gasteiger partial charge on any atom is -0.383 e. The number of hydrogen-bond donors (Lipinski definition) is 3. The van der Waals surface area contributed by atoms with Crippen molar-refractivity contribution in [2.45, 2.75) is 23.9 Å². The van der Waals surface area contributed by atoms with Crippen LogP contribution in [-0.2, 0) is 19.4 Å². The lowest BCUT2D eigenvalue weighted by Crippen LogP contribution is -2.58. The molecule has 1 aliphatic heterocycles. The van der Waals surface area contributed by atoms with Gasteiger partial charge in [-0.15, -0.1) is 0 Å². The van der Waals surface area contributed by atoms with Gasteiger partial charge < -0.3 is 25.3 Å². The Morgan fingerprint density at radius 3 is 2.65 bits per heavy atom. The molecule has 0 bridgehead atoms. The van der Waals surface area contributed by atoms with E-state index < -0.39 is 32.4 Å². The summed E-state index contributed by atoms with van der Waals surface area (Å²) in [5.41, 5.74) is 1.21. The first-order chi connectivity index (χ1) is 20.5. The van der Waals surface area contributed by atoms with Crippen LogP contribution in [-0.4, -0.2) is 97.8 Å². The Labute approximate surface area is 248 Å². The van der Waals surface area contributed by atoms with Gasteiger partial charge in [0, 0.05) is 56.2 Å². The lowest BCUT2D eigenvalue weighted by atomic mass is 10.1. The van der Waals surface area contributed by atoms with Gasteiger partial charge in [-0.05, 0) is 32.2 Å². The summed E-state index contributed by atoms with van der Waals surface area (Å²) in [5.74, 6) is -2.08. The molecule has 1 fully saturated rings. The molecule has 0 radical (unpaired) electrons. The van der Waals surface area contributed by atoms with Crippen molar-refractivity contribution >= 4 is 44.0 Å². The Morgan fingerprint density at radius 1 is 1.19 bits per heavy atom. The number of rotatable bonds is 9. The third-order valence-corrected chi connectivity index (χ3v) is 8.61. The number of H-pyrrole nitrogens is 1. The zero-order valence-corrected chi connectivity index (χ0v) is 25.0. The molecule has 3 heterocycles. The Kier molecular flexibility index (Phi) is 8.74. The van der Waals surface area contributed by atoms with Crippen LogP contribution in [0.15, 0.2) is 53.7 Å². The molecule has 2 aromatic carbocycles. The molecule has 0 spiro atoms.